The number of nitrogens with zero attached hydrogens (tertiary/aromatic N) is 2. The van der Waals surface area contributed by atoms with E-state index in [1.165, 1.54) is 12.2 Å². The second-order valence-electron chi connectivity index (χ2n) is 7.32. The lowest BCUT2D eigenvalue weighted by atomic mass is 10.1. The zero-order chi connectivity index (χ0) is 23.3. The molecule has 3 nitrogen and oxygen atoms in total. The van der Waals surface area contributed by atoms with Crippen LogP contribution in [0.5, 0.6) is 0 Å². The molecule has 1 N–H and O–H groups in total. The first-order valence-electron chi connectivity index (χ1n) is 10.4. The van der Waals surface area contributed by atoms with Gasteiger partial charge in [0.2, 0.25) is 0 Å². The minimum absolute atomic E-state index is 0.194. The molecule has 3 aromatic rings. The van der Waals surface area contributed by atoms with E-state index in [4.69, 9.17) is 16.6 Å². The van der Waals surface area contributed by atoms with Gasteiger partial charge in [-0.1, -0.05) is 78.9 Å². The fraction of sp³-hybridized carbons (Fsp3) is 0.148. The van der Waals surface area contributed by atoms with Crippen molar-refractivity contribution in [2.45, 2.75) is 27.7 Å². The first-order valence-corrected chi connectivity index (χ1v) is 10.8. The van der Waals surface area contributed by atoms with Gasteiger partial charge in [-0.2, -0.15) is 0 Å². The number of allylic oxidation sites excluding steroid dienone is 6. The zero-order valence-electron chi connectivity index (χ0n) is 18.8. The van der Waals surface area contributed by atoms with Crippen LogP contribution in [0.3, 0.4) is 0 Å². The van der Waals surface area contributed by atoms with Gasteiger partial charge in [-0.05, 0) is 51.0 Å². The van der Waals surface area contributed by atoms with Crippen LogP contribution in [0.15, 0.2) is 90.3 Å². The van der Waals surface area contributed by atoms with Crippen LogP contribution in [0.4, 0.5) is 15.9 Å². The number of anilines is 2. The van der Waals surface area contributed by atoms with Crippen LogP contribution in [0.25, 0.3) is 11.3 Å². The summed E-state index contributed by atoms with van der Waals surface area (Å²) in [5, 5.41) is 3.72. The largest absolute Gasteiger partial charge is 0.339 e. The topological polar surface area (TPSA) is 29.9 Å². The Hall–Kier alpha value is -3.37. The van der Waals surface area contributed by atoms with Crippen molar-refractivity contribution < 1.29 is 4.39 Å². The smallest absolute Gasteiger partial charge is 0.143 e. The second kappa shape index (κ2) is 10.3. The quantitative estimate of drug-likeness (QED) is 0.370. The average molecular weight is 448 g/mol. The molecule has 2 aromatic carbocycles. The molecule has 0 radical (unpaired) electrons. The van der Waals surface area contributed by atoms with Gasteiger partial charge < -0.3 is 5.32 Å². The third-order valence-electron chi connectivity index (χ3n) is 5.14. The summed E-state index contributed by atoms with van der Waals surface area (Å²) in [5.74, 6) is 1.04. The maximum atomic E-state index is 13.9. The van der Waals surface area contributed by atoms with Gasteiger partial charge in [-0.3, -0.25) is 4.57 Å². The Bertz CT molecular complexity index is 1220. The number of hydrogen-bond acceptors (Lipinski definition) is 2. The molecule has 5 heteroatoms. The van der Waals surface area contributed by atoms with Gasteiger partial charge in [-0.15, -0.1) is 0 Å². The molecule has 0 unspecified atom stereocenters. The predicted octanol–water partition coefficient (Wildman–Crippen LogP) is 8.16. The summed E-state index contributed by atoms with van der Waals surface area (Å²) < 4.78 is 15.9. The lowest BCUT2D eigenvalue weighted by Gasteiger charge is -2.18. The number of para-hydroxylation sites is 1. The Morgan fingerprint density at radius 1 is 1.03 bits per heavy atom. The zero-order valence-corrected chi connectivity index (χ0v) is 19.5. The van der Waals surface area contributed by atoms with E-state index in [1.807, 2.05) is 73.9 Å². The molecule has 0 spiro atoms. The normalized spacial score (nSPS) is 12.8. The van der Waals surface area contributed by atoms with Crippen LogP contribution < -0.4 is 5.32 Å². The number of imidazole rings is 1. The molecule has 0 bridgehead atoms. The van der Waals surface area contributed by atoms with Crippen molar-refractivity contribution in [3.8, 4) is 0 Å². The summed E-state index contributed by atoms with van der Waals surface area (Å²) in [7, 11) is 0. The van der Waals surface area contributed by atoms with E-state index in [9.17, 15) is 4.39 Å². The van der Waals surface area contributed by atoms with Crippen molar-refractivity contribution in [1.29, 1.82) is 0 Å². The molecule has 0 saturated carbocycles. The molecule has 164 valence electrons. The summed E-state index contributed by atoms with van der Waals surface area (Å²) >= 11 is 6.43. The molecule has 1 aromatic heterocycles. The Morgan fingerprint density at radius 3 is 2.31 bits per heavy atom. The standard InChI is InChI=1S/C27H27ClFN3/c1-6-22(29)17-23(28)19(4)26-27(31-24-16-12-11-13-18(24)3)32(20(5)30-26)25(7-2)21-14-9-8-10-15-21/h6-17,31H,4H2,1-3,5H3/b22-6+,23-17+,25-7-. The van der Waals surface area contributed by atoms with E-state index in [1.54, 1.807) is 6.92 Å². The fourth-order valence-electron chi connectivity index (χ4n) is 3.43. The van der Waals surface area contributed by atoms with Crippen molar-refractivity contribution >= 4 is 34.4 Å². The summed E-state index contributed by atoms with van der Waals surface area (Å²) in [5.41, 5.74) is 5.02. The molecule has 0 atom stereocenters. The Kier molecular flexibility index (Phi) is 7.49. The first-order chi connectivity index (χ1) is 15.4. The minimum Gasteiger partial charge on any atom is -0.339 e. The Balaban J connectivity index is 2.22. The fourth-order valence-corrected chi connectivity index (χ4v) is 3.63. The van der Waals surface area contributed by atoms with Gasteiger partial charge in [-0.25, -0.2) is 9.37 Å². The van der Waals surface area contributed by atoms with E-state index in [0.717, 1.165) is 28.3 Å². The molecule has 0 fully saturated rings. The summed E-state index contributed by atoms with van der Waals surface area (Å²) in [6, 6.07) is 18.1. The molecule has 3 rings (SSSR count). The van der Waals surface area contributed by atoms with E-state index < -0.39 is 5.83 Å². The number of halogens is 2. The summed E-state index contributed by atoms with van der Waals surface area (Å²) in [6.07, 6.45) is 4.64. The molecule has 0 aliphatic rings. The number of benzene rings is 2. The van der Waals surface area contributed by atoms with Crippen molar-refractivity contribution in [2.75, 3.05) is 5.32 Å². The number of aryl methyl sites for hydroxylation is 2. The predicted molar refractivity (Wildman–Crippen MR) is 135 cm³/mol. The van der Waals surface area contributed by atoms with Gasteiger partial charge >= 0.3 is 0 Å². The minimum atomic E-state index is -0.431. The highest BCUT2D eigenvalue weighted by Gasteiger charge is 2.22. The average Bonchev–Trinajstić information content (AvgIpc) is 3.11. The number of aromatic nitrogens is 2. The highest BCUT2D eigenvalue weighted by Crippen LogP contribution is 2.36. The Morgan fingerprint density at radius 2 is 1.69 bits per heavy atom. The third-order valence-corrected chi connectivity index (χ3v) is 5.48. The SMILES string of the molecule is C=C(/C(Cl)=C\C(F)=C/C)c1nc(C)n(/C(=C\C)c2ccccc2)c1Nc1ccccc1C. The highest BCUT2D eigenvalue weighted by molar-refractivity contribution is 6.37. The molecule has 32 heavy (non-hydrogen) atoms. The van der Waals surface area contributed by atoms with Gasteiger partial charge in [0, 0.05) is 11.3 Å². The highest BCUT2D eigenvalue weighted by atomic mass is 35.5. The van der Waals surface area contributed by atoms with Gasteiger partial charge in [0.05, 0.1) is 10.7 Å². The van der Waals surface area contributed by atoms with Crippen molar-refractivity contribution in [1.82, 2.24) is 9.55 Å². The van der Waals surface area contributed by atoms with Gasteiger partial charge in [0.25, 0.3) is 0 Å². The van der Waals surface area contributed by atoms with Crippen LogP contribution in [-0.2, 0) is 0 Å². The van der Waals surface area contributed by atoms with Crippen LogP contribution in [0, 0.1) is 13.8 Å². The molecule has 0 aliphatic heterocycles. The van der Waals surface area contributed by atoms with Crippen LogP contribution in [0.2, 0.25) is 0 Å². The summed E-state index contributed by atoms with van der Waals surface area (Å²) in [4.78, 5) is 4.78. The number of hydrogen-bond donors (Lipinski definition) is 1. The maximum Gasteiger partial charge on any atom is 0.143 e. The molecular weight excluding hydrogens is 421 g/mol. The number of nitrogens with one attached hydrogen (secondary N) is 1. The van der Waals surface area contributed by atoms with Crippen LogP contribution in [-0.4, -0.2) is 9.55 Å². The summed E-state index contributed by atoms with van der Waals surface area (Å²) in [6.45, 7) is 11.7. The second-order valence-corrected chi connectivity index (χ2v) is 7.72. The van der Waals surface area contributed by atoms with Gasteiger partial charge in [0.1, 0.15) is 23.2 Å². The first kappa shape index (κ1) is 23.3. The van der Waals surface area contributed by atoms with Crippen molar-refractivity contribution in [2.24, 2.45) is 0 Å². The lowest BCUT2D eigenvalue weighted by Crippen LogP contribution is -2.07. The Labute approximate surface area is 194 Å². The van der Waals surface area contributed by atoms with Crippen molar-refractivity contribution in [3.63, 3.8) is 0 Å². The monoisotopic (exact) mass is 447 g/mol. The molecule has 0 saturated heterocycles. The van der Waals surface area contributed by atoms with Crippen LogP contribution >= 0.6 is 11.6 Å². The molecular formula is C27H27ClFN3. The van der Waals surface area contributed by atoms with Gasteiger partial charge in [0.15, 0.2) is 0 Å². The van der Waals surface area contributed by atoms with E-state index in [0.29, 0.717) is 17.1 Å². The lowest BCUT2D eigenvalue weighted by molar-refractivity contribution is 0.664. The maximum absolute atomic E-state index is 13.9. The number of rotatable bonds is 7. The third kappa shape index (κ3) is 4.92. The van der Waals surface area contributed by atoms with Crippen molar-refractivity contribution in [3.05, 3.63) is 113 Å². The van der Waals surface area contributed by atoms with Crippen LogP contribution in [0.1, 0.15) is 36.5 Å². The molecule has 0 amide bonds. The van der Waals surface area contributed by atoms with E-state index in [2.05, 4.69) is 24.0 Å². The van der Waals surface area contributed by atoms with E-state index >= 15 is 0 Å². The molecule has 1 heterocycles. The van der Waals surface area contributed by atoms with E-state index in [-0.39, 0.29) is 5.03 Å². The molecule has 0 aliphatic carbocycles.